The van der Waals surface area contributed by atoms with Gasteiger partial charge in [0.1, 0.15) is 9.84 Å². The molecule has 0 atom stereocenters. The second kappa shape index (κ2) is 25.7. The Morgan fingerprint density at radius 1 is 0.812 bits per heavy atom. The Morgan fingerprint density at radius 2 is 1.19 bits per heavy atom. The number of nitrogens with zero attached hydrogens (tertiary/aromatic N) is 2. The lowest BCUT2D eigenvalue weighted by atomic mass is 10.4. The topological polar surface area (TPSA) is 69.0 Å². The van der Waals surface area contributed by atoms with E-state index in [1.807, 2.05) is 0 Å². The minimum absolute atomic E-state index is 0.0347. The number of hydrogen-bond donors (Lipinski definition) is 0. The molecule has 1 rings (SSSR count). The third kappa shape index (κ3) is 26.1. The number of carbonyl (C=O) groups excluding carboxylic acids is 1. The maximum atomic E-state index is 10.8. The molecule has 1 aromatic rings. The summed E-state index contributed by atoms with van der Waals surface area (Å²) in [5, 5.41) is 3.81. The summed E-state index contributed by atoms with van der Waals surface area (Å²) in [7, 11) is 26.0. The quantitative estimate of drug-likeness (QED) is 0.390. The predicted octanol–water partition coefficient (Wildman–Crippen LogP) is -0.305. The first-order chi connectivity index (χ1) is 15.4. The van der Waals surface area contributed by atoms with E-state index in [1.54, 1.807) is 133 Å². The molecule has 0 amide bonds. The van der Waals surface area contributed by atoms with Gasteiger partial charge in [0, 0.05) is 186 Å². The van der Waals surface area contributed by atoms with Crippen molar-refractivity contribution in [3.8, 4) is 0 Å². The van der Waals surface area contributed by atoms with E-state index in [9.17, 15) is 13.2 Å². The molecule has 0 aliphatic carbocycles. The second-order valence-electron chi connectivity index (χ2n) is 3.94. The molecule has 0 aliphatic heterocycles. The Kier molecular flexibility index (Phi) is 28.1. The van der Waals surface area contributed by atoms with Crippen LogP contribution in [0.25, 0.3) is 0 Å². The Morgan fingerprint density at radius 3 is 1.47 bits per heavy atom. The number of sulfone groups is 1. The van der Waals surface area contributed by atoms with Crippen molar-refractivity contribution in [2.45, 2.75) is 6.54 Å². The van der Waals surface area contributed by atoms with E-state index in [0.717, 1.165) is 6.26 Å². The summed E-state index contributed by atoms with van der Waals surface area (Å²) in [5.74, 6) is 0.0347. The van der Waals surface area contributed by atoms with Crippen LogP contribution < -0.4 is 0 Å². The van der Waals surface area contributed by atoms with Gasteiger partial charge in [-0.05, 0) is 0 Å². The van der Waals surface area contributed by atoms with E-state index in [1.165, 1.54) is 34.8 Å². The molecule has 0 fully saturated rings. The molecule has 0 saturated heterocycles. The average molecular weight is 812 g/mol. The minimum atomic E-state index is -2.97. The van der Waals surface area contributed by atoms with Gasteiger partial charge in [-0.15, -0.1) is 0 Å². The lowest BCUT2D eigenvalue weighted by Crippen LogP contribution is -2.11. The number of rotatable bonds is 4. The fourth-order valence-electron chi connectivity index (χ4n) is 0.992. The SMILES string of the molecule is CS(=O)(=O)CCn1cc(C=O)cn1.S=S=S=S=S=S=S=S=S=S=S=S=S=S=S=S=S=S=S. The second-order valence-corrected chi connectivity index (χ2v) is 36.3. The number of aromatic nitrogens is 2. The maximum absolute atomic E-state index is 10.8. The molecule has 0 N–H and O–H groups in total. The van der Waals surface area contributed by atoms with Gasteiger partial charge in [0.25, 0.3) is 0 Å². The zero-order chi connectivity index (χ0) is 23.9. The Labute approximate surface area is 244 Å². The van der Waals surface area contributed by atoms with Gasteiger partial charge in [-0.25, -0.2) is 8.42 Å². The molecular formula is C7H10N2O3S20. The van der Waals surface area contributed by atoms with Gasteiger partial charge in [0.05, 0.1) is 24.1 Å². The van der Waals surface area contributed by atoms with Crippen molar-refractivity contribution in [2.75, 3.05) is 12.0 Å². The number of hydrogen-bond acceptors (Lipinski definition) is 6. The molecule has 1 aromatic heterocycles. The third-order valence-electron chi connectivity index (χ3n) is 1.92. The minimum Gasteiger partial charge on any atom is -0.298 e. The fraction of sp³-hybridized carbons (Fsp3) is 0.429. The van der Waals surface area contributed by atoms with Crippen LogP contribution in [0.1, 0.15) is 10.4 Å². The highest BCUT2D eigenvalue weighted by molar-refractivity contribution is 8.78. The van der Waals surface area contributed by atoms with Crippen molar-refractivity contribution in [2.24, 2.45) is 0 Å². The van der Waals surface area contributed by atoms with Gasteiger partial charge in [-0.1, -0.05) is 0 Å². The van der Waals surface area contributed by atoms with Gasteiger partial charge in [-0.2, -0.15) is 5.10 Å². The first-order valence-corrected chi connectivity index (χ1v) is 32.7. The zero-order valence-electron chi connectivity index (χ0n) is 14.9. The predicted molar refractivity (Wildman–Crippen MR) is 187 cm³/mol. The van der Waals surface area contributed by atoms with Crippen LogP contribution >= 0.6 is 0 Å². The molecule has 186 valence electrons. The summed E-state index contributed by atoms with van der Waals surface area (Å²) in [4.78, 5) is 10.2. The number of aldehydes is 1. The highest BCUT2D eigenvalue weighted by atomic mass is 33.5. The van der Waals surface area contributed by atoms with E-state index in [-0.39, 0.29) is 12.3 Å². The highest BCUT2D eigenvalue weighted by Gasteiger charge is 2.03. The van der Waals surface area contributed by atoms with Crippen LogP contribution in [0, 0.1) is 0 Å². The Balaban J connectivity index is 0.000000641. The smallest absolute Gasteiger partial charge is 0.153 e. The molecule has 0 bridgehead atoms. The van der Waals surface area contributed by atoms with E-state index in [4.69, 9.17) is 22.4 Å². The van der Waals surface area contributed by atoms with Gasteiger partial charge in [0.2, 0.25) is 0 Å². The highest BCUT2D eigenvalue weighted by Crippen LogP contribution is 1.94. The van der Waals surface area contributed by atoms with Crippen molar-refractivity contribution in [3.63, 3.8) is 0 Å². The maximum Gasteiger partial charge on any atom is 0.153 e. The fourth-order valence-corrected chi connectivity index (χ4v) is 42.7. The van der Waals surface area contributed by atoms with Crippen molar-refractivity contribution >= 4 is 189 Å². The molecule has 25 heteroatoms. The molecule has 5 nitrogen and oxygen atoms in total. The van der Waals surface area contributed by atoms with Crippen molar-refractivity contribution < 1.29 is 13.2 Å². The molecule has 1 heterocycles. The van der Waals surface area contributed by atoms with E-state index in [2.05, 4.69) is 5.10 Å². The molecule has 0 unspecified atom stereocenters. The summed E-state index contributed by atoms with van der Waals surface area (Å²) < 4.78 is 23.0. The summed E-state index contributed by atoms with van der Waals surface area (Å²) in [6.07, 6.45) is 4.74. The lowest BCUT2D eigenvalue weighted by Gasteiger charge is -1.98. The van der Waals surface area contributed by atoms with E-state index in [0.29, 0.717) is 11.8 Å². The van der Waals surface area contributed by atoms with Crippen molar-refractivity contribution in [3.05, 3.63) is 18.0 Å². The Hall–Kier alpha value is 3.01. The molecule has 0 aromatic carbocycles. The molecular weight excluding hydrogens is 801 g/mol. The van der Waals surface area contributed by atoms with Gasteiger partial charge in [0.15, 0.2) is 6.29 Å². The van der Waals surface area contributed by atoms with Crippen LogP contribution in [0.2, 0.25) is 0 Å². The van der Waals surface area contributed by atoms with Crippen LogP contribution in [-0.4, -0.2) is 36.5 Å². The van der Waals surface area contributed by atoms with E-state index >= 15 is 0 Å². The summed E-state index contributed by atoms with van der Waals surface area (Å²) in [6, 6.07) is 0. The third-order valence-corrected chi connectivity index (χ3v) is 38.4. The molecule has 0 saturated carbocycles. The largest absolute Gasteiger partial charge is 0.298 e. The van der Waals surface area contributed by atoms with Gasteiger partial charge in [-0.3, -0.25) is 9.48 Å². The van der Waals surface area contributed by atoms with E-state index < -0.39 is 9.84 Å². The van der Waals surface area contributed by atoms with Gasteiger partial charge < -0.3 is 0 Å². The first kappa shape index (κ1) is 35.0. The van der Waals surface area contributed by atoms with Crippen molar-refractivity contribution in [1.29, 1.82) is 0 Å². The average Bonchev–Trinajstić information content (AvgIpc) is 3.23. The summed E-state index contributed by atoms with van der Waals surface area (Å²) in [6.45, 7) is 0.284. The number of aryl methyl sites for hydroxylation is 1. The Bertz CT molecular complexity index is 1530. The van der Waals surface area contributed by atoms with Crippen LogP contribution in [0.5, 0.6) is 0 Å². The lowest BCUT2D eigenvalue weighted by molar-refractivity contribution is 0.112. The first-order valence-electron chi connectivity index (χ1n) is 6.66. The molecule has 0 radical (unpaired) electrons. The summed E-state index contributed by atoms with van der Waals surface area (Å²) in [5.41, 5.74) is 0.452. The standard InChI is InChI=1S/C7H10N2O3S.S19/c1-13(11,12)3-2-9-5-7(6-10)4-8-9;1-3-5-7-9-11-13-15-17-19-18-16-14-12-10-8-6-4-2/h4-6H,2-3H2,1H3;. The molecule has 0 spiro atoms. The van der Waals surface area contributed by atoms with Crippen LogP contribution in [0.3, 0.4) is 0 Å². The zero-order valence-corrected chi connectivity index (χ0v) is 31.3. The van der Waals surface area contributed by atoms with Crippen molar-refractivity contribution in [1.82, 2.24) is 9.78 Å². The monoisotopic (exact) mass is 810 g/mol. The van der Waals surface area contributed by atoms with Crippen LogP contribution in [0.15, 0.2) is 12.4 Å². The number of carbonyl (C=O) groups is 1. The normalized spacial score (nSPS) is 9.03. The van der Waals surface area contributed by atoms with Gasteiger partial charge >= 0.3 is 0 Å². The molecule has 32 heavy (non-hydrogen) atoms. The van der Waals surface area contributed by atoms with Crippen LogP contribution in [-0.2, 0) is 190 Å². The van der Waals surface area contributed by atoms with Crippen LogP contribution in [0.4, 0.5) is 0 Å². The molecule has 0 aliphatic rings. The summed E-state index contributed by atoms with van der Waals surface area (Å²) >= 11 is 9.50.